The molecule has 0 unspecified atom stereocenters. The molecule has 98 valence electrons. The molecule has 0 aliphatic carbocycles. The molecule has 1 aromatic carbocycles. The predicted molar refractivity (Wildman–Crippen MR) is 75.8 cm³/mol. The van der Waals surface area contributed by atoms with Gasteiger partial charge in [-0.1, -0.05) is 32.0 Å². The van der Waals surface area contributed by atoms with Crippen molar-refractivity contribution in [3.63, 3.8) is 0 Å². The number of hydrogen-bond donors (Lipinski definition) is 2. The predicted octanol–water partition coefficient (Wildman–Crippen LogP) is 2.65. The zero-order valence-corrected chi connectivity index (χ0v) is 11.2. The van der Waals surface area contributed by atoms with Crippen molar-refractivity contribution in [2.45, 2.75) is 25.7 Å². The van der Waals surface area contributed by atoms with E-state index in [0.717, 1.165) is 31.6 Å². The highest BCUT2D eigenvalue weighted by molar-refractivity contribution is 5.82. The van der Waals surface area contributed by atoms with E-state index in [1.165, 1.54) is 10.9 Å². The van der Waals surface area contributed by atoms with Gasteiger partial charge in [-0.15, -0.1) is 0 Å². The van der Waals surface area contributed by atoms with Crippen molar-refractivity contribution in [2.75, 3.05) is 19.6 Å². The van der Waals surface area contributed by atoms with Crippen LogP contribution in [0.3, 0.4) is 0 Å². The van der Waals surface area contributed by atoms with Crippen LogP contribution in [-0.2, 0) is 5.41 Å². The van der Waals surface area contributed by atoms with Crippen molar-refractivity contribution in [2.24, 2.45) is 5.73 Å². The lowest BCUT2D eigenvalue weighted by Gasteiger charge is -2.24. The molecule has 2 rings (SSSR count). The molecule has 0 fully saturated rings. The molecule has 0 aliphatic heterocycles. The second-order valence-electron chi connectivity index (χ2n) is 5.35. The standard InChI is InChI=1S/C15H22N2O/c1-15(2,11-17-9-5-8-16)13-10-18-14-7-4-3-6-12(13)14/h3-4,6-7,10,17H,5,8-9,11,16H2,1-2H3. The summed E-state index contributed by atoms with van der Waals surface area (Å²) in [5.41, 5.74) is 7.77. The van der Waals surface area contributed by atoms with Crippen molar-refractivity contribution in [1.29, 1.82) is 0 Å². The minimum absolute atomic E-state index is 0.0567. The Morgan fingerprint density at radius 3 is 2.83 bits per heavy atom. The Hall–Kier alpha value is -1.32. The number of hydrogen-bond acceptors (Lipinski definition) is 3. The van der Waals surface area contributed by atoms with E-state index in [9.17, 15) is 0 Å². The summed E-state index contributed by atoms with van der Waals surface area (Å²) in [5.74, 6) is 0. The third kappa shape index (κ3) is 2.74. The van der Waals surface area contributed by atoms with E-state index in [1.807, 2.05) is 18.4 Å². The highest BCUT2D eigenvalue weighted by atomic mass is 16.3. The van der Waals surface area contributed by atoms with Crippen molar-refractivity contribution < 1.29 is 4.42 Å². The largest absolute Gasteiger partial charge is 0.464 e. The fraction of sp³-hybridized carbons (Fsp3) is 0.467. The molecule has 0 radical (unpaired) electrons. The van der Waals surface area contributed by atoms with E-state index in [1.54, 1.807) is 0 Å². The van der Waals surface area contributed by atoms with Crippen molar-refractivity contribution in [1.82, 2.24) is 5.32 Å². The molecule has 0 saturated carbocycles. The van der Waals surface area contributed by atoms with Gasteiger partial charge in [0.2, 0.25) is 0 Å². The highest BCUT2D eigenvalue weighted by Crippen LogP contribution is 2.31. The minimum Gasteiger partial charge on any atom is -0.464 e. The number of furan rings is 1. The van der Waals surface area contributed by atoms with Crippen LogP contribution in [0.2, 0.25) is 0 Å². The van der Waals surface area contributed by atoms with Crippen LogP contribution < -0.4 is 11.1 Å². The summed E-state index contributed by atoms with van der Waals surface area (Å²) in [6.45, 7) is 7.10. The second-order valence-corrected chi connectivity index (χ2v) is 5.35. The van der Waals surface area contributed by atoms with Gasteiger partial charge in [-0.3, -0.25) is 0 Å². The summed E-state index contributed by atoms with van der Waals surface area (Å²) in [4.78, 5) is 0. The van der Waals surface area contributed by atoms with Gasteiger partial charge in [0.1, 0.15) is 5.58 Å². The molecular weight excluding hydrogens is 224 g/mol. The average Bonchev–Trinajstić information content (AvgIpc) is 2.79. The van der Waals surface area contributed by atoms with Crippen molar-refractivity contribution >= 4 is 11.0 Å². The molecule has 18 heavy (non-hydrogen) atoms. The van der Waals surface area contributed by atoms with Crippen LogP contribution >= 0.6 is 0 Å². The lowest BCUT2D eigenvalue weighted by atomic mass is 9.84. The summed E-state index contributed by atoms with van der Waals surface area (Å²) < 4.78 is 5.62. The molecule has 3 heteroatoms. The van der Waals surface area contributed by atoms with E-state index in [0.29, 0.717) is 0 Å². The quantitative estimate of drug-likeness (QED) is 0.770. The lowest BCUT2D eigenvalue weighted by molar-refractivity contribution is 0.462. The summed E-state index contributed by atoms with van der Waals surface area (Å²) in [6.07, 6.45) is 2.90. The normalized spacial score (nSPS) is 12.2. The number of nitrogens with two attached hydrogens (primary N) is 1. The Morgan fingerprint density at radius 1 is 1.28 bits per heavy atom. The molecule has 3 N–H and O–H groups in total. The first-order chi connectivity index (χ1) is 8.65. The topological polar surface area (TPSA) is 51.2 Å². The second kappa shape index (κ2) is 5.55. The zero-order valence-electron chi connectivity index (χ0n) is 11.2. The minimum atomic E-state index is 0.0567. The van der Waals surface area contributed by atoms with Gasteiger partial charge in [0.15, 0.2) is 0 Å². The van der Waals surface area contributed by atoms with E-state index in [4.69, 9.17) is 10.2 Å². The maximum Gasteiger partial charge on any atom is 0.134 e. The number of fused-ring (bicyclic) bond motifs is 1. The van der Waals surface area contributed by atoms with Gasteiger partial charge < -0.3 is 15.5 Å². The van der Waals surface area contributed by atoms with E-state index in [-0.39, 0.29) is 5.41 Å². The van der Waals surface area contributed by atoms with Crippen LogP contribution in [0.1, 0.15) is 25.8 Å². The molecule has 0 saturated heterocycles. The third-order valence-corrected chi connectivity index (χ3v) is 3.33. The Bertz CT molecular complexity index is 502. The van der Waals surface area contributed by atoms with E-state index in [2.05, 4.69) is 31.3 Å². The molecule has 2 aromatic rings. The monoisotopic (exact) mass is 246 g/mol. The number of benzene rings is 1. The van der Waals surface area contributed by atoms with Crippen LogP contribution in [0.15, 0.2) is 34.9 Å². The Labute approximate surface area is 108 Å². The van der Waals surface area contributed by atoms with Gasteiger partial charge in [-0.25, -0.2) is 0 Å². The van der Waals surface area contributed by atoms with Crippen LogP contribution in [0, 0.1) is 0 Å². The Balaban J connectivity index is 2.13. The molecule has 0 bridgehead atoms. The molecule has 0 atom stereocenters. The summed E-state index contributed by atoms with van der Waals surface area (Å²) in [6, 6.07) is 8.19. The highest BCUT2D eigenvalue weighted by Gasteiger charge is 2.24. The fourth-order valence-corrected chi connectivity index (χ4v) is 2.23. The van der Waals surface area contributed by atoms with E-state index >= 15 is 0 Å². The van der Waals surface area contributed by atoms with E-state index < -0.39 is 0 Å². The van der Waals surface area contributed by atoms with Gasteiger partial charge in [-0.05, 0) is 25.6 Å². The maximum atomic E-state index is 5.62. The van der Waals surface area contributed by atoms with Crippen molar-refractivity contribution in [3.8, 4) is 0 Å². The number of para-hydroxylation sites is 1. The van der Waals surface area contributed by atoms with Crippen LogP contribution in [0.5, 0.6) is 0 Å². The molecule has 0 amide bonds. The molecule has 1 aromatic heterocycles. The van der Waals surface area contributed by atoms with Crippen LogP contribution in [-0.4, -0.2) is 19.6 Å². The number of rotatable bonds is 6. The van der Waals surface area contributed by atoms with Gasteiger partial charge in [0.25, 0.3) is 0 Å². The van der Waals surface area contributed by atoms with Gasteiger partial charge in [-0.2, -0.15) is 0 Å². The summed E-state index contributed by atoms with van der Waals surface area (Å²) >= 11 is 0. The Kier molecular flexibility index (Phi) is 4.04. The lowest BCUT2D eigenvalue weighted by Crippen LogP contribution is -2.33. The smallest absolute Gasteiger partial charge is 0.134 e. The SMILES string of the molecule is CC(C)(CNCCCN)c1coc2ccccc12. The van der Waals surface area contributed by atoms with Crippen LogP contribution in [0.25, 0.3) is 11.0 Å². The number of nitrogens with one attached hydrogen (secondary N) is 1. The fourth-order valence-electron chi connectivity index (χ4n) is 2.23. The maximum absolute atomic E-state index is 5.62. The third-order valence-electron chi connectivity index (χ3n) is 3.33. The molecular formula is C15H22N2O. The molecule has 0 aliphatic rings. The van der Waals surface area contributed by atoms with Gasteiger partial charge in [0, 0.05) is 22.9 Å². The molecule has 3 nitrogen and oxygen atoms in total. The zero-order chi connectivity index (χ0) is 13.0. The average molecular weight is 246 g/mol. The first-order valence-electron chi connectivity index (χ1n) is 6.52. The van der Waals surface area contributed by atoms with Gasteiger partial charge in [0.05, 0.1) is 6.26 Å². The molecule has 1 heterocycles. The van der Waals surface area contributed by atoms with Gasteiger partial charge >= 0.3 is 0 Å². The molecule has 0 spiro atoms. The summed E-state index contributed by atoms with van der Waals surface area (Å²) in [7, 11) is 0. The first-order valence-corrected chi connectivity index (χ1v) is 6.52. The van der Waals surface area contributed by atoms with Crippen molar-refractivity contribution in [3.05, 3.63) is 36.1 Å². The van der Waals surface area contributed by atoms with Crippen LogP contribution in [0.4, 0.5) is 0 Å². The summed E-state index contributed by atoms with van der Waals surface area (Å²) in [5, 5.41) is 4.67. The first kappa shape index (κ1) is 13.1. The Morgan fingerprint density at radius 2 is 2.06 bits per heavy atom.